The molecule has 0 spiro atoms. The lowest BCUT2D eigenvalue weighted by atomic mass is 10.1. The van der Waals surface area contributed by atoms with Crippen molar-refractivity contribution < 1.29 is 23.8 Å². The molecule has 2 amide bonds. The van der Waals surface area contributed by atoms with Gasteiger partial charge in [0.2, 0.25) is 11.8 Å². The van der Waals surface area contributed by atoms with Gasteiger partial charge in [-0.1, -0.05) is 11.6 Å². The number of nitrogens with one attached hydrogen (secondary N) is 1. The van der Waals surface area contributed by atoms with Crippen LogP contribution in [0.5, 0.6) is 17.4 Å². The van der Waals surface area contributed by atoms with Gasteiger partial charge < -0.3 is 24.4 Å². The van der Waals surface area contributed by atoms with Gasteiger partial charge in [-0.2, -0.15) is 0 Å². The maximum atomic E-state index is 13.5. The molecule has 3 aliphatic heterocycles. The lowest BCUT2D eigenvalue weighted by Gasteiger charge is -2.22. The molecule has 2 atom stereocenters. The van der Waals surface area contributed by atoms with E-state index in [0.29, 0.717) is 67.0 Å². The van der Waals surface area contributed by atoms with Gasteiger partial charge in [-0.3, -0.25) is 9.59 Å². The monoisotopic (exact) mass is 457 g/mol. The van der Waals surface area contributed by atoms with Crippen LogP contribution in [0.25, 0.3) is 0 Å². The fraction of sp³-hybridized carbons (Fsp3) is 0.435. The molecular formula is C23H24ClN3O5. The van der Waals surface area contributed by atoms with Crippen LogP contribution in [0.4, 0.5) is 5.69 Å². The summed E-state index contributed by atoms with van der Waals surface area (Å²) in [5, 5.41) is 3.28. The number of carbonyl (C=O) groups is 2. The Bertz CT molecular complexity index is 1110. The summed E-state index contributed by atoms with van der Waals surface area (Å²) in [5.74, 6) is 1.11. The number of halogens is 1. The number of carbonyl (C=O) groups excluding carboxylic acids is 2. The molecule has 1 saturated heterocycles. The number of fused-ring (bicyclic) bond motifs is 3. The van der Waals surface area contributed by atoms with Crippen LogP contribution in [0.1, 0.15) is 41.3 Å². The Kier molecular flexibility index (Phi) is 5.33. The van der Waals surface area contributed by atoms with Gasteiger partial charge in [-0.25, -0.2) is 4.98 Å². The van der Waals surface area contributed by atoms with E-state index in [9.17, 15) is 9.59 Å². The van der Waals surface area contributed by atoms with Crippen LogP contribution in [-0.4, -0.2) is 53.6 Å². The SMILES string of the molecule is CCOc1c(Cl)c(C)cc2c1C(=O)N1C[C@@H](Oc3cc4c(cn3)CCC(=O)N4)C[C@@H]1CO2. The van der Waals surface area contributed by atoms with Crippen molar-refractivity contribution >= 4 is 29.1 Å². The summed E-state index contributed by atoms with van der Waals surface area (Å²) in [4.78, 5) is 31.3. The van der Waals surface area contributed by atoms with Gasteiger partial charge in [-0.05, 0) is 37.5 Å². The molecule has 4 heterocycles. The zero-order valence-electron chi connectivity index (χ0n) is 17.9. The quantitative estimate of drug-likeness (QED) is 0.757. The third kappa shape index (κ3) is 3.62. The van der Waals surface area contributed by atoms with Crippen LogP contribution in [0, 0.1) is 6.92 Å². The van der Waals surface area contributed by atoms with E-state index in [1.165, 1.54) is 0 Å². The highest BCUT2D eigenvalue weighted by atomic mass is 35.5. The van der Waals surface area contributed by atoms with E-state index < -0.39 is 0 Å². The van der Waals surface area contributed by atoms with Gasteiger partial charge in [-0.15, -0.1) is 0 Å². The van der Waals surface area contributed by atoms with E-state index in [1.807, 2.05) is 13.8 Å². The standard InChI is InChI=1S/C23H24ClN3O5/c1-3-30-22-20-17(6-12(2)21(22)24)31-11-14-7-15(10-27(14)23(20)29)32-19-8-16-13(9-25-19)4-5-18(28)26-16/h6,8-9,14-15H,3-5,7,10-11H2,1-2H3,(H,26,28)/t14-,15+/m1/s1. The minimum atomic E-state index is -0.240. The number of ether oxygens (including phenoxy) is 3. The Morgan fingerprint density at radius 3 is 2.97 bits per heavy atom. The lowest BCUT2D eigenvalue weighted by molar-refractivity contribution is -0.116. The third-order valence-electron chi connectivity index (χ3n) is 6.08. The van der Waals surface area contributed by atoms with Crippen LogP contribution >= 0.6 is 11.6 Å². The molecule has 168 valence electrons. The number of rotatable bonds is 4. The van der Waals surface area contributed by atoms with Gasteiger partial charge in [0.05, 0.1) is 29.9 Å². The summed E-state index contributed by atoms with van der Waals surface area (Å²) in [6.07, 6.45) is 3.24. The van der Waals surface area contributed by atoms with Gasteiger partial charge in [0.25, 0.3) is 5.91 Å². The molecule has 32 heavy (non-hydrogen) atoms. The molecule has 0 aliphatic carbocycles. The van der Waals surface area contributed by atoms with Crippen LogP contribution in [0.3, 0.4) is 0 Å². The van der Waals surface area contributed by atoms with E-state index in [2.05, 4.69) is 10.3 Å². The maximum Gasteiger partial charge on any atom is 0.261 e. The summed E-state index contributed by atoms with van der Waals surface area (Å²) < 4.78 is 17.9. The number of aromatic nitrogens is 1. The molecule has 1 aromatic heterocycles. The smallest absolute Gasteiger partial charge is 0.261 e. The first-order valence-electron chi connectivity index (χ1n) is 10.8. The Hall–Kier alpha value is -3.00. The molecular weight excluding hydrogens is 434 g/mol. The number of nitrogens with zero attached hydrogens (tertiary/aromatic N) is 2. The molecule has 1 N–H and O–H groups in total. The van der Waals surface area contributed by atoms with Gasteiger partial charge in [0.1, 0.15) is 24.0 Å². The predicted octanol–water partition coefficient (Wildman–Crippen LogP) is 3.38. The molecule has 9 heteroatoms. The molecule has 1 aromatic carbocycles. The summed E-state index contributed by atoms with van der Waals surface area (Å²) in [6, 6.07) is 3.41. The van der Waals surface area contributed by atoms with E-state index >= 15 is 0 Å². The van der Waals surface area contributed by atoms with Crippen molar-refractivity contribution in [3.8, 4) is 17.4 Å². The van der Waals surface area contributed by atoms with Crippen molar-refractivity contribution in [2.24, 2.45) is 0 Å². The zero-order chi connectivity index (χ0) is 22.4. The zero-order valence-corrected chi connectivity index (χ0v) is 18.7. The maximum absolute atomic E-state index is 13.5. The summed E-state index contributed by atoms with van der Waals surface area (Å²) in [7, 11) is 0. The minimum absolute atomic E-state index is 0.00990. The van der Waals surface area contributed by atoms with Gasteiger partial charge >= 0.3 is 0 Å². The molecule has 3 aliphatic rings. The van der Waals surface area contributed by atoms with E-state index in [0.717, 1.165) is 16.8 Å². The molecule has 0 saturated carbocycles. The molecule has 5 rings (SSSR count). The first kappa shape index (κ1) is 20.9. The van der Waals surface area contributed by atoms with Gasteiger partial charge in [0, 0.05) is 25.1 Å². The van der Waals surface area contributed by atoms with Crippen molar-refractivity contribution in [2.75, 3.05) is 25.1 Å². The van der Waals surface area contributed by atoms with Crippen LogP contribution < -0.4 is 19.5 Å². The average Bonchev–Trinajstić information content (AvgIpc) is 3.12. The van der Waals surface area contributed by atoms with Crippen LogP contribution in [0.15, 0.2) is 18.3 Å². The number of hydrogen-bond donors (Lipinski definition) is 1. The molecule has 8 nitrogen and oxygen atoms in total. The summed E-state index contributed by atoms with van der Waals surface area (Å²) in [6.45, 7) is 4.86. The van der Waals surface area contributed by atoms with E-state index in [1.54, 1.807) is 23.2 Å². The van der Waals surface area contributed by atoms with E-state index in [4.69, 9.17) is 25.8 Å². The second kappa shape index (κ2) is 8.16. The molecule has 2 aromatic rings. The Labute approximate surface area is 190 Å². The fourth-order valence-electron chi connectivity index (χ4n) is 4.50. The highest BCUT2D eigenvalue weighted by molar-refractivity contribution is 6.33. The van der Waals surface area contributed by atoms with E-state index in [-0.39, 0.29) is 24.0 Å². The largest absolute Gasteiger partial charge is 0.491 e. The van der Waals surface area contributed by atoms with Crippen LogP contribution in [0.2, 0.25) is 5.02 Å². The lowest BCUT2D eigenvalue weighted by Crippen LogP contribution is -2.37. The highest BCUT2D eigenvalue weighted by Gasteiger charge is 2.42. The summed E-state index contributed by atoms with van der Waals surface area (Å²) in [5.41, 5.74) is 2.89. The minimum Gasteiger partial charge on any atom is -0.491 e. The number of amides is 2. The molecule has 1 fully saturated rings. The van der Waals surface area contributed by atoms with Crippen molar-refractivity contribution in [3.05, 3.63) is 40.0 Å². The third-order valence-corrected chi connectivity index (χ3v) is 6.55. The average molecular weight is 458 g/mol. The number of hydrogen-bond acceptors (Lipinski definition) is 6. The first-order valence-corrected chi connectivity index (χ1v) is 11.2. The second-order valence-corrected chi connectivity index (χ2v) is 8.65. The second-order valence-electron chi connectivity index (χ2n) is 8.27. The number of anilines is 1. The van der Waals surface area contributed by atoms with Crippen molar-refractivity contribution in [1.29, 1.82) is 0 Å². The Morgan fingerprint density at radius 2 is 2.16 bits per heavy atom. The molecule has 0 unspecified atom stereocenters. The van der Waals surface area contributed by atoms with Gasteiger partial charge in [0.15, 0.2) is 5.75 Å². The normalized spacial score (nSPS) is 21.7. The highest BCUT2D eigenvalue weighted by Crippen LogP contribution is 2.42. The van der Waals surface area contributed by atoms with Crippen LogP contribution in [-0.2, 0) is 11.2 Å². The Morgan fingerprint density at radius 1 is 1.31 bits per heavy atom. The molecule has 0 bridgehead atoms. The Balaban J connectivity index is 1.37. The van der Waals surface area contributed by atoms with Crippen molar-refractivity contribution in [1.82, 2.24) is 9.88 Å². The van der Waals surface area contributed by atoms with Crippen molar-refractivity contribution in [2.45, 2.75) is 45.3 Å². The fourth-order valence-corrected chi connectivity index (χ4v) is 4.70. The number of pyridine rings is 1. The first-order chi connectivity index (χ1) is 15.4. The van der Waals surface area contributed by atoms with Crippen molar-refractivity contribution in [3.63, 3.8) is 0 Å². The number of benzene rings is 1. The number of aryl methyl sites for hydroxylation is 2. The topological polar surface area (TPSA) is 90.0 Å². The predicted molar refractivity (Wildman–Crippen MR) is 118 cm³/mol. The molecule has 0 radical (unpaired) electrons. The summed E-state index contributed by atoms with van der Waals surface area (Å²) >= 11 is 6.46.